The number of carbonyl (C=O) groups excluding carboxylic acids is 2. The van der Waals surface area contributed by atoms with Gasteiger partial charge in [0.25, 0.3) is 0 Å². The van der Waals surface area contributed by atoms with Gasteiger partial charge in [-0.25, -0.2) is 4.90 Å². The summed E-state index contributed by atoms with van der Waals surface area (Å²) in [5.74, 6) is -0.374. The van der Waals surface area contributed by atoms with Crippen molar-refractivity contribution in [3.05, 3.63) is 156 Å². The highest BCUT2D eigenvalue weighted by Crippen LogP contribution is 2.47. The van der Waals surface area contributed by atoms with Gasteiger partial charge in [0.1, 0.15) is 5.41 Å². The Labute approximate surface area is 236 Å². The molecule has 4 heteroatoms. The zero-order chi connectivity index (χ0) is 27.7. The third kappa shape index (κ3) is 4.37. The Morgan fingerprint density at radius 1 is 0.625 bits per heavy atom. The number of hydrogen-bond donors (Lipinski definition) is 0. The number of aryl methyl sites for hydroxylation is 2. The molecule has 1 heterocycles. The SMILES string of the molecule is Cc1cc(C)c(N2C(=O)CC(c3ccccc3)(c3ccccc3)C2=O)c(P(c2ccccc2)c2ccccc2)c1. The van der Waals surface area contributed by atoms with Crippen molar-refractivity contribution in [2.45, 2.75) is 25.7 Å². The summed E-state index contributed by atoms with van der Waals surface area (Å²) in [6.07, 6.45) is 0.0845. The molecule has 2 amide bonds. The Balaban J connectivity index is 1.59. The fraction of sp³-hybridized carbons (Fsp3) is 0.111. The highest BCUT2D eigenvalue weighted by Gasteiger charge is 2.55. The van der Waals surface area contributed by atoms with E-state index in [0.717, 1.165) is 27.6 Å². The summed E-state index contributed by atoms with van der Waals surface area (Å²) in [5, 5.41) is 3.36. The number of nitrogens with zero attached hydrogens (tertiary/aromatic N) is 1. The quantitative estimate of drug-likeness (QED) is 0.187. The van der Waals surface area contributed by atoms with Gasteiger partial charge in [-0.3, -0.25) is 9.59 Å². The van der Waals surface area contributed by atoms with E-state index in [4.69, 9.17) is 0 Å². The minimum atomic E-state index is -1.09. The first-order chi connectivity index (χ1) is 19.5. The lowest BCUT2D eigenvalue weighted by Crippen LogP contribution is -2.42. The van der Waals surface area contributed by atoms with Crippen LogP contribution in [0.2, 0.25) is 0 Å². The number of anilines is 1. The van der Waals surface area contributed by atoms with Gasteiger partial charge in [-0.15, -0.1) is 0 Å². The Hall–Kier alpha value is -4.33. The molecule has 0 radical (unpaired) electrons. The molecule has 0 spiro atoms. The molecule has 40 heavy (non-hydrogen) atoms. The third-order valence-corrected chi connectivity index (χ3v) is 10.1. The predicted molar refractivity (Wildman–Crippen MR) is 165 cm³/mol. The van der Waals surface area contributed by atoms with E-state index in [0.29, 0.717) is 5.69 Å². The van der Waals surface area contributed by atoms with Crippen molar-refractivity contribution in [1.29, 1.82) is 0 Å². The molecule has 0 unspecified atom stereocenters. The topological polar surface area (TPSA) is 37.4 Å². The summed E-state index contributed by atoms with van der Waals surface area (Å²) in [6.45, 7) is 4.09. The van der Waals surface area contributed by atoms with E-state index in [9.17, 15) is 9.59 Å². The van der Waals surface area contributed by atoms with Crippen LogP contribution in [0.5, 0.6) is 0 Å². The van der Waals surface area contributed by atoms with Gasteiger partial charge in [0.2, 0.25) is 11.8 Å². The molecule has 6 rings (SSSR count). The number of benzene rings is 5. The minimum absolute atomic E-state index is 0.0845. The predicted octanol–water partition coefficient (Wildman–Crippen LogP) is 6.31. The molecule has 1 saturated heterocycles. The lowest BCUT2D eigenvalue weighted by molar-refractivity contribution is -0.122. The van der Waals surface area contributed by atoms with Crippen molar-refractivity contribution >= 4 is 41.3 Å². The molecule has 0 aromatic heterocycles. The molecule has 0 N–H and O–H groups in total. The van der Waals surface area contributed by atoms with Crippen molar-refractivity contribution in [3.8, 4) is 0 Å². The molecule has 1 aliphatic heterocycles. The van der Waals surface area contributed by atoms with E-state index in [2.05, 4.69) is 67.6 Å². The van der Waals surface area contributed by atoms with Crippen LogP contribution in [0, 0.1) is 13.8 Å². The lowest BCUT2D eigenvalue weighted by Gasteiger charge is -2.31. The summed E-state index contributed by atoms with van der Waals surface area (Å²) in [6, 6.07) is 44.6. The molecule has 0 bridgehead atoms. The third-order valence-electron chi connectivity index (χ3n) is 7.69. The molecule has 0 saturated carbocycles. The van der Waals surface area contributed by atoms with Gasteiger partial charge in [0.15, 0.2) is 0 Å². The monoisotopic (exact) mass is 539 g/mol. The molecule has 1 aliphatic rings. The Morgan fingerprint density at radius 2 is 1.07 bits per heavy atom. The first-order valence-corrected chi connectivity index (χ1v) is 14.8. The van der Waals surface area contributed by atoms with E-state index in [1.54, 1.807) is 0 Å². The fourth-order valence-corrected chi connectivity index (χ4v) is 8.57. The average Bonchev–Trinajstić information content (AvgIpc) is 3.25. The van der Waals surface area contributed by atoms with Gasteiger partial charge in [0.05, 0.1) is 12.1 Å². The van der Waals surface area contributed by atoms with Crippen molar-refractivity contribution in [1.82, 2.24) is 0 Å². The minimum Gasteiger partial charge on any atom is -0.274 e. The van der Waals surface area contributed by atoms with Crippen molar-refractivity contribution in [2.24, 2.45) is 0 Å². The van der Waals surface area contributed by atoms with E-state index in [1.165, 1.54) is 15.5 Å². The van der Waals surface area contributed by atoms with E-state index in [-0.39, 0.29) is 18.2 Å². The number of carbonyl (C=O) groups is 2. The number of hydrogen-bond acceptors (Lipinski definition) is 2. The van der Waals surface area contributed by atoms with Crippen LogP contribution in [0.1, 0.15) is 28.7 Å². The van der Waals surface area contributed by atoms with Crippen LogP contribution in [0.25, 0.3) is 0 Å². The van der Waals surface area contributed by atoms with Gasteiger partial charge >= 0.3 is 0 Å². The number of imide groups is 1. The second kappa shape index (κ2) is 10.7. The molecule has 5 aromatic carbocycles. The van der Waals surface area contributed by atoms with Gasteiger partial charge in [-0.2, -0.15) is 0 Å². The number of rotatable bonds is 6. The second-order valence-corrected chi connectivity index (χ2v) is 12.5. The van der Waals surface area contributed by atoms with E-state index < -0.39 is 13.3 Å². The Morgan fingerprint density at radius 3 is 1.55 bits per heavy atom. The zero-order valence-electron chi connectivity index (χ0n) is 22.6. The molecule has 5 aromatic rings. The molecule has 3 nitrogen and oxygen atoms in total. The molecular formula is C36H30NO2P. The molecule has 0 aliphatic carbocycles. The van der Waals surface area contributed by atoms with Gasteiger partial charge < -0.3 is 0 Å². The van der Waals surface area contributed by atoms with Crippen LogP contribution >= 0.6 is 7.92 Å². The van der Waals surface area contributed by atoms with Crippen LogP contribution in [0.4, 0.5) is 5.69 Å². The highest BCUT2D eigenvalue weighted by atomic mass is 31.1. The van der Waals surface area contributed by atoms with Crippen molar-refractivity contribution < 1.29 is 9.59 Å². The standard InChI is InChI=1S/C36H30NO2P/c1-26-23-27(2)34(32(24-26)40(30-19-11-5-12-20-30)31-21-13-6-14-22-31)37-33(38)25-36(35(37)39,28-15-7-3-8-16-28)29-17-9-4-10-18-29/h3-24H,25H2,1-2H3. The lowest BCUT2D eigenvalue weighted by atomic mass is 9.73. The molecular weight excluding hydrogens is 509 g/mol. The van der Waals surface area contributed by atoms with Crippen LogP contribution in [0.3, 0.4) is 0 Å². The maximum absolute atomic E-state index is 14.8. The van der Waals surface area contributed by atoms with Crippen LogP contribution in [-0.2, 0) is 15.0 Å². The maximum atomic E-state index is 14.8. The maximum Gasteiger partial charge on any atom is 0.249 e. The van der Waals surface area contributed by atoms with Crippen LogP contribution in [0.15, 0.2) is 133 Å². The first kappa shape index (κ1) is 25.9. The fourth-order valence-electron chi connectivity index (χ4n) is 5.96. The molecule has 196 valence electrons. The van der Waals surface area contributed by atoms with E-state index >= 15 is 0 Å². The smallest absolute Gasteiger partial charge is 0.249 e. The first-order valence-electron chi connectivity index (χ1n) is 13.5. The van der Waals surface area contributed by atoms with Gasteiger partial charge in [0, 0.05) is 5.30 Å². The summed E-state index contributed by atoms with van der Waals surface area (Å²) >= 11 is 0. The second-order valence-electron chi connectivity index (χ2n) is 10.3. The normalized spacial score (nSPS) is 14.6. The zero-order valence-corrected chi connectivity index (χ0v) is 23.5. The van der Waals surface area contributed by atoms with E-state index in [1.807, 2.05) is 79.7 Å². The van der Waals surface area contributed by atoms with Gasteiger partial charge in [-0.1, -0.05) is 133 Å². The Bertz CT molecular complexity index is 1590. The molecule has 0 atom stereocenters. The van der Waals surface area contributed by atoms with Gasteiger partial charge in [-0.05, 0) is 55.1 Å². The molecule has 1 fully saturated rings. The van der Waals surface area contributed by atoms with Crippen molar-refractivity contribution in [3.63, 3.8) is 0 Å². The van der Waals surface area contributed by atoms with Crippen LogP contribution < -0.4 is 20.8 Å². The largest absolute Gasteiger partial charge is 0.274 e. The number of amides is 2. The average molecular weight is 540 g/mol. The van der Waals surface area contributed by atoms with Crippen molar-refractivity contribution in [2.75, 3.05) is 4.90 Å². The Kier molecular flexibility index (Phi) is 6.92. The summed E-state index contributed by atoms with van der Waals surface area (Å²) < 4.78 is 0. The summed E-state index contributed by atoms with van der Waals surface area (Å²) in [5.41, 5.74) is 3.33. The van der Waals surface area contributed by atoms with Crippen LogP contribution in [-0.4, -0.2) is 11.8 Å². The summed E-state index contributed by atoms with van der Waals surface area (Å²) in [4.78, 5) is 30.5. The summed E-state index contributed by atoms with van der Waals surface area (Å²) in [7, 11) is -1.04. The highest BCUT2D eigenvalue weighted by molar-refractivity contribution is 7.80.